The number of amides is 1. The molecule has 0 aromatic rings. The van der Waals surface area contributed by atoms with Crippen LogP contribution in [-0.4, -0.2) is 17.3 Å². The van der Waals surface area contributed by atoms with Crippen LogP contribution in [0.5, 0.6) is 0 Å². The Hall–Kier alpha value is -0.0500. The van der Waals surface area contributed by atoms with Crippen molar-refractivity contribution in [3.05, 3.63) is 0 Å². The summed E-state index contributed by atoms with van der Waals surface area (Å²) in [6.07, 6.45) is 5.63. The summed E-state index contributed by atoms with van der Waals surface area (Å²) < 4.78 is 0. The van der Waals surface area contributed by atoms with E-state index in [2.05, 4.69) is 28.2 Å². The number of hydrogen-bond acceptors (Lipinski definition) is 1. The van der Waals surface area contributed by atoms with E-state index in [1.807, 2.05) is 0 Å². The van der Waals surface area contributed by atoms with E-state index >= 15 is 0 Å². The lowest BCUT2D eigenvalue weighted by Gasteiger charge is -2.24. The Morgan fingerprint density at radius 1 is 1.62 bits per heavy atom. The van der Waals surface area contributed by atoms with Gasteiger partial charge in [0.1, 0.15) is 0 Å². The van der Waals surface area contributed by atoms with Crippen LogP contribution in [0.25, 0.3) is 0 Å². The Morgan fingerprint density at radius 2 is 2.31 bits per heavy atom. The molecule has 13 heavy (non-hydrogen) atoms. The van der Waals surface area contributed by atoms with Crippen molar-refractivity contribution in [3.8, 4) is 0 Å². The average Bonchev–Trinajstić information content (AvgIpc) is 1.94. The summed E-state index contributed by atoms with van der Waals surface area (Å²) in [5.41, 5.74) is 0. The second-order valence-corrected chi connectivity index (χ2v) is 5.41. The van der Waals surface area contributed by atoms with E-state index in [9.17, 15) is 4.79 Å². The summed E-state index contributed by atoms with van der Waals surface area (Å²) in [6.45, 7) is 2.97. The third kappa shape index (κ3) is 4.12. The first-order chi connectivity index (χ1) is 6.20. The Morgan fingerprint density at radius 3 is 2.77 bits per heavy atom. The Bertz CT molecular complexity index is 166. The molecule has 1 N–H and O–H groups in total. The van der Waals surface area contributed by atoms with Crippen LogP contribution in [0.4, 0.5) is 0 Å². The predicted octanol–water partition coefficient (Wildman–Crippen LogP) is 2.47. The van der Waals surface area contributed by atoms with Gasteiger partial charge in [-0.1, -0.05) is 29.3 Å². The molecule has 1 rings (SSSR count). The SMILES string of the molecule is CC(Br)CCCNC(=O)C1CCC1. The molecule has 1 fully saturated rings. The fourth-order valence-electron chi connectivity index (χ4n) is 1.41. The summed E-state index contributed by atoms with van der Waals surface area (Å²) in [6, 6.07) is 0. The molecule has 1 amide bonds. The highest BCUT2D eigenvalue weighted by molar-refractivity contribution is 9.09. The maximum atomic E-state index is 11.3. The lowest BCUT2D eigenvalue weighted by molar-refractivity contribution is -0.127. The van der Waals surface area contributed by atoms with Gasteiger partial charge in [-0.25, -0.2) is 0 Å². The first kappa shape index (κ1) is 11.0. The quantitative estimate of drug-likeness (QED) is 0.587. The standard InChI is InChI=1S/C10H18BrNO/c1-8(11)4-3-7-12-10(13)9-5-2-6-9/h8-9H,2-7H2,1H3,(H,12,13). The van der Waals surface area contributed by atoms with Crippen molar-refractivity contribution in [3.63, 3.8) is 0 Å². The number of rotatable bonds is 5. The van der Waals surface area contributed by atoms with E-state index in [4.69, 9.17) is 0 Å². The molecule has 0 heterocycles. The van der Waals surface area contributed by atoms with Crippen molar-refractivity contribution >= 4 is 21.8 Å². The lowest BCUT2D eigenvalue weighted by atomic mass is 9.85. The molecule has 0 saturated heterocycles. The van der Waals surface area contributed by atoms with Crippen molar-refractivity contribution in [2.75, 3.05) is 6.54 Å². The van der Waals surface area contributed by atoms with Crippen LogP contribution in [-0.2, 0) is 4.79 Å². The fraction of sp³-hybridized carbons (Fsp3) is 0.900. The molecule has 2 nitrogen and oxygen atoms in total. The van der Waals surface area contributed by atoms with Crippen molar-refractivity contribution in [1.29, 1.82) is 0 Å². The molecule has 0 bridgehead atoms. The van der Waals surface area contributed by atoms with Gasteiger partial charge >= 0.3 is 0 Å². The lowest BCUT2D eigenvalue weighted by Crippen LogP contribution is -2.35. The predicted molar refractivity (Wildman–Crippen MR) is 58.0 cm³/mol. The van der Waals surface area contributed by atoms with Crippen molar-refractivity contribution in [1.82, 2.24) is 5.32 Å². The van der Waals surface area contributed by atoms with Gasteiger partial charge in [0, 0.05) is 17.3 Å². The van der Waals surface area contributed by atoms with Crippen LogP contribution in [0.2, 0.25) is 0 Å². The molecule has 0 aromatic carbocycles. The Labute approximate surface area is 88.6 Å². The van der Waals surface area contributed by atoms with Crippen LogP contribution in [0.1, 0.15) is 39.0 Å². The highest BCUT2D eigenvalue weighted by atomic mass is 79.9. The van der Waals surface area contributed by atoms with Gasteiger partial charge in [0.2, 0.25) is 5.91 Å². The van der Waals surface area contributed by atoms with Gasteiger partial charge in [0.05, 0.1) is 0 Å². The van der Waals surface area contributed by atoms with Crippen LogP contribution in [0.15, 0.2) is 0 Å². The normalized spacial score (nSPS) is 19.2. The van der Waals surface area contributed by atoms with Crippen molar-refractivity contribution in [2.24, 2.45) is 5.92 Å². The minimum absolute atomic E-state index is 0.272. The summed E-state index contributed by atoms with van der Waals surface area (Å²) in [7, 11) is 0. The van der Waals surface area contributed by atoms with Crippen molar-refractivity contribution in [2.45, 2.75) is 43.9 Å². The molecule has 1 unspecified atom stereocenters. The summed E-state index contributed by atoms with van der Waals surface area (Å²) in [4.78, 5) is 11.9. The molecule has 1 aliphatic rings. The first-order valence-corrected chi connectivity index (χ1v) is 6.03. The van der Waals surface area contributed by atoms with Gasteiger partial charge in [-0.05, 0) is 25.7 Å². The zero-order valence-electron chi connectivity index (χ0n) is 8.18. The van der Waals surface area contributed by atoms with Crippen LogP contribution >= 0.6 is 15.9 Å². The molecule has 0 aliphatic heterocycles. The van der Waals surface area contributed by atoms with Gasteiger partial charge in [-0.2, -0.15) is 0 Å². The average molecular weight is 248 g/mol. The topological polar surface area (TPSA) is 29.1 Å². The van der Waals surface area contributed by atoms with E-state index in [1.54, 1.807) is 0 Å². The molecular weight excluding hydrogens is 230 g/mol. The largest absolute Gasteiger partial charge is 0.356 e. The Balaban J connectivity index is 1.95. The molecule has 1 aliphatic carbocycles. The number of nitrogens with one attached hydrogen (secondary N) is 1. The maximum absolute atomic E-state index is 11.3. The van der Waals surface area contributed by atoms with Gasteiger partial charge in [-0.15, -0.1) is 0 Å². The number of hydrogen-bond donors (Lipinski definition) is 1. The van der Waals surface area contributed by atoms with E-state index in [1.165, 1.54) is 6.42 Å². The number of alkyl halides is 1. The van der Waals surface area contributed by atoms with Crippen LogP contribution in [0, 0.1) is 5.92 Å². The third-order valence-electron chi connectivity index (χ3n) is 2.55. The van der Waals surface area contributed by atoms with Gasteiger partial charge in [-0.3, -0.25) is 4.79 Å². The number of carbonyl (C=O) groups excluding carboxylic acids is 1. The monoisotopic (exact) mass is 247 g/mol. The molecule has 0 radical (unpaired) electrons. The smallest absolute Gasteiger partial charge is 0.223 e. The zero-order valence-corrected chi connectivity index (χ0v) is 9.77. The molecule has 1 saturated carbocycles. The summed E-state index contributed by atoms with van der Waals surface area (Å²) in [5, 5.41) is 2.98. The maximum Gasteiger partial charge on any atom is 0.223 e. The Kier molecular flexibility index (Phi) is 4.78. The molecular formula is C10H18BrNO. The van der Waals surface area contributed by atoms with Crippen LogP contribution in [0.3, 0.4) is 0 Å². The summed E-state index contributed by atoms with van der Waals surface area (Å²) >= 11 is 3.48. The number of carbonyl (C=O) groups is 1. The van der Waals surface area contributed by atoms with E-state index < -0.39 is 0 Å². The van der Waals surface area contributed by atoms with Crippen molar-refractivity contribution < 1.29 is 4.79 Å². The van der Waals surface area contributed by atoms with Gasteiger partial charge < -0.3 is 5.32 Å². The van der Waals surface area contributed by atoms with Crippen LogP contribution < -0.4 is 5.32 Å². The van der Waals surface area contributed by atoms with Gasteiger partial charge in [0.15, 0.2) is 0 Å². The number of halogens is 1. The third-order valence-corrected chi connectivity index (χ3v) is 3.01. The minimum Gasteiger partial charge on any atom is -0.356 e. The highest BCUT2D eigenvalue weighted by Crippen LogP contribution is 2.26. The van der Waals surface area contributed by atoms with E-state index in [-0.39, 0.29) is 5.91 Å². The fourth-order valence-corrected chi connectivity index (χ4v) is 1.73. The molecule has 1 atom stereocenters. The molecule has 0 spiro atoms. The first-order valence-electron chi connectivity index (χ1n) is 5.12. The minimum atomic E-state index is 0.272. The second-order valence-electron chi connectivity index (χ2n) is 3.84. The summed E-state index contributed by atoms with van der Waals surface area (Å²) in [5.74, 6) is 0.606. The van der Waals surface area contributed by atoms with E-state index in [0.717, 1.165) is 32.2 Å². The zero-order chi connectivity index (χ0) is 9.68. The highest BCUT2D eigenvalue weighted by Gasteiger charge is 2.24. The molecule has 3 heteroatoms. The second kappa shape index (κ2) is 5.63. The van der Waals surface area contributed by atoms with Gasteiger partial charge in [0.25, 0.3) is 0 Å². The molecule has 76 valence electrons. The molecule has 0 aromatic heterocycles. The van der Waals surface area contributed by atoms with E-state index in [0.29, 0.717) is 10.7 Å².